The summed E-state index contributed by atoms with van der Waals surface area (Å²) in [5.41, 5.74) is 8.50. The van der Waals surface area contributed by atoms with Crippen LogP contribution in [0.1, 0.15) is 10.4 Å². The number of nitrogens with zero attached hydrogens (tertiary/aromatic N) is 1. The topological polar surface area (TPSA) is 122 Å². The van der Waals surface area contributed by atoms with Gasteiger partial charge in [-0.3, -0.25) is 4.79 Å². The number of hydrogen-bond donors (Lipinski definition) is 4. The molecule has 2 aromatic heterocycles. The molecule has 0 unspecified atom stereocenters. The van der Waals surface area contributed by atoms with Gasteiger partial charge in [-0.1, -0.05) is 11.2 Å². The smallest absolute Gasteiger partial charge is 0.323 e. The predicted octanol–water partition coefficient (Wildman–Crippen LogP) is 4.37. The van der Waals surface area contributed by atoms with Crippen molar-refractivity contribution in [2.45, 2.75) is 0 Å². The number of carbonyl (C=O) groups excluding carboxylic acids is 2. The number of benzene rings is 2. The third-order valence-electron chi connectivity index (χ3n) is 3.95. The lowest BCUT2D eigenvalue weighted by Crippen LogP contribution is -2.19. The quantitative estimate of drug-likeness (QED) is 0.410. The van der Waals surface area contributed by atoms with Crippen LogP contribution >= 0.6 is 11.3 Å². The molecule has 8 nitrogen and oxygen atoms in total. The molecule has 0 radical (unpaired) electrons. The molecule has 9 heteroatoms. The Labute approximate surface area is 163 Å². The molecule has 2 aromatic carbocycles. The molecule has 5 N–H and O–H groups in total. The molecule has 0 saturated heterocycles. The van der Waals surface area contributed by atoms with Crippen LogP contribution in [-0.4, -0.2) is 17.1 Å². The van der Waals surface area contributed by atoms with Crippen molar-refractivity contribution in [2.24, 2.45) is 0 Å². The summed E-state index contributed by atoms with van der Waals surface area (Å²) in [4.78, 5) is 24.5. The van der Waals surface area contributed by atoms with Crippen LogP contribution in [0.15, 0.2) is 63.8 Å². The van der Waals surface area contributed by atoms with Gasteiger partial charge < -0.3 is 26.2 Å². The van der Waals surface area contributed by atoms with Gasteiger partial charge in [-0.05, 0) is 47.8 Å². The summed E-state index contributed by atoms with van der Waals surface area (Å²) in [5.74, 6) is -0.173. The Hall–Kier alpha value is -3.85. The van der Waals surface area contributed by atoms with E-state index in [1.165, 1.54) is 11.3 Å². The fraction of sp³-hybridized carbons (Fsp3) is 0. The number of nitrogen functional groups attached to an aromatic ring is 1. The van der Waals surface area contributed by atoms with Crippen molar-refractivity contribution in [2.75, 3.05) is 21.7 Å². The first-order valence-corrected chi connectivity index (χ1v) is 9.20. The van der Waals surface area contributed by atoms with Gasteiger partial charge in [-0.2, -0.15) is 11.3 Å². The van der Waals surface area contributed by atoms with Crippen molar-refractivity contribution in [1.82, 2.24) is 5.16 Å². The second kappa shape index (κ2) is 7.41. The number of nitrogens with two attached hydrogens (primary N) is 1. The lowest BCUT2D eigenvalue weighted by Gasteiger charge is -2.09. The second-order valence-electron chi connectivity index (χ2n) is 5.87. The normalized spacial score (nSPS) is 10.6. The lowest BCUT2D eigenvalue weighted by atomic mass is 10.1. The molecule has 0 aliphatic rings. The third kappa shape index (κ3) is 3.64. The van der Waals surface area contributed by atoms with Gasteiger partial charge in [0.1, 0.15) is 0 Å². The predicted molar refractivity (Wildman–Crippen MR) is 110 cm³/mol. The van der Waals surface area contributed by atoms with Gasteiger partial charge in [-0.15, -0.1) is 0 Å². The van der Waals surface area contributed by atoms with Crippen LogP contribution in [0, 0.1) is 0 Å². The molecule has 0 fully saturated rings. The lowest BCUT2D eigenvalue weighted by molar-refractivity contribution is 0.102. The highest BCUT2D eigenvalue weighted by atomic mass is 32.1. The van der Waals surface area contributed by atoms with Crippen LogP contribution in [0.3, 0.4) is 0 Å². The molecule has 0 aliphatic heterocycles. The average molecular weight is 393 g/mol. The maximum absolute atomic E-state index is 12.6. The minimum Gasteiger partial charge on any atom is -0.380 e. The van der Waals surface area contributed by atoms with E-state index >= 15 is 0 Å². The Bertz CT molecular complexity index is 1140. The third-order valence-corrected chi connectivity index (χ3v) is 4.63. The zero-order chi connectivity index (χ0) is 19.5. The number of anilines is 4. The maximum atomic E-state index is 12.6. The van der Waals surface area contributed by atoms with Crippen molar-refractivity contribution >= 4 is 57.1 Å². The number of rotatable bonds is 4. The molecule has 0 atom stereocenters. The SMILES string of the molecule is Nc1noc2cccc(C(=O)Nc3ccc(NC(=O)Nc4ccsc4)cc3)c12. The summed E-state index contributed by atoms with van der Waals surface area (Å²) in [6.07, 6.45) is 0. The van der Waals surface area contributed by atoms with Crippen LogP contribution in [0.4, 0.5) is 27.7 Å². The van der Waals surface area contributed by atoms with E-state index in [0.717, 1.165) is 5.69 Å². The highest BCUT2D eigenvalue weighted by Gasteiger charge is 2.16. The molecule has 0 aliphatic carbocycles. The van der Waals surface area contributed by atoms with Crippen molar-refractivity contribution in [3.63, 3.8) is 0 Å². The van der Waals surface area contributed by atoms with Crippen molar-refractivity contribution < 1.29 is 14.1 Å². The fourth-order valence-corrected chi connectivity index (χ4v) is 3.26. The molecule has 2 heterocycles. The standard InChI is InChI=1S/C19H15N5O3S/c20-17-16-14(2-1-3-15(16)27-24-17)18(25)21-11-4-6-12(7-5-11)22-19(26)23-13-8-9-28-10-13/h1-10H,(H2,20,24)(H,21,25)(H2,22,23,26). The summed E-state index contributed by atoms with van der Waals surface area (Å²) in [6, 6.07) is 13.3. The number of aromatic nitrogens is 1. The summed E-state index contributed by atoms with van der Waals surface area (Å²) in [5, 5.41) is 16.1. The highest BCUT2D eigenvalue weighted by molar-refractivity contribution is 7.08. The summed E-state index contributed by atoms with van der Waals surface area (Å²) < 4.78 is 5.08. The summed E-state index contributed by atoms with van der Waals surface area (Å²) in [6.45, 7) is 0. The number of amides is 3. The number of thiophene rings is 1. The van der Waals surface area contributed by atoms with Gasteiger partial charge in [0.05, 0.1) is 16.6 Å². The zero-order valence-corrected chi connectivity index (χ0v) is 15.2. The first-order valence-electron chi connectivity index (χ1n) is 8.25. The molecule has 3 amide bonds. The van der Waals surface area contributed by atoms with E-state index in [2.05, 4.69) is 21.1 Å². The number of nitrogens with one attached hydrogen (secondary N) is 3. The van der Waals surface area contributed by atoms with E-state index in [4.69, 9.17) is 10.3 Å². The molecule has 0 saturated carbocycles. The molecule has 28 heavy (non-hydrogen) atoms. The van der Waals surface area contributed by atoms with E-state index in [9.17, 15) is 9.59 Å². The fourth-order valence-electron chi connectivity index (χ4n) is 2.67. The first-order chi connectivity index (χ1) is 13.6. The van der Waals surface area contributed by atoms with Gasteiger partial charge >= 0.3 is 6.03 Å². The number of urea groups is 1. The molecule has 0 bridgehead atoms. The molecular weight excluding hydrogens is 378 g/mol. The Morgan fingerprint density at radius 1 is 0.929 bits per heavy atom. The minimum absolute atomic E-state index is 0.164. The summed E-state index contributed by atoms with van der Waals surface area (Å²) in [7, 11) is 0. The summed E-state index contributed by atoms with van der Waals surface area (Å²) >= 11 is 1.50. The Kier molecular flexibility index (Phi) is 4.65. The van der Waals surface area contributed by atoms with E-state index in [-0.39, 0.29) is 17.8 Å². The number of fused-ring (bicyclic) bond motifs is 1. The van der Waals surface area contributed by atoms with E-state index < -0.39 is 0 Å². The number of hydrogen-bond acceptors (Lipinski definition) is 6. The first kappa shape index (κ1) is 17.6. The van der Waals surface area contributed by atoms with Gasteiger partial charge in [0.2, 0.25) is 0 Å². The van der Waals surface area contributed by atoms with Gasteiger partial charge in [0.25, 0.3) is 5.91 Å². The van der Waals surface area contributed by atoms with Crippen molar-refractivity contribution in [3.05, 3.63) is 64.9 Å². The average Bonchev–Trinajstić information content (AvgIpc) is 3.33. The largest absolute Gasteiger partial charge is 0.380 e. The highest BCUT2D eigenvalue weighted by Crippen LogP contribution is 2.25. The van der Waals surface area contributed by atoms with Crippen LogP contribution in [-0.2, 0) is 0 Å². The van der Waals surface area contributed by atoms with E-state index in [1.807, 2.05) is 16.8 Å². The molecule has 4 aromatic rings. The van der Waals surface area contributed by atoms with Crippen molar-refractivity contribution in [3.8, 4) is 0 Å². The van der Waals surface area contributed by atoms with Gasteiger partial charge in [0, 0.05) is 16.8 Å². The Morgan fingerprint density at radius 3 is 2.36 bits per heavy atom. The van der Waals surface area contributed by atoms with E-state index in [0.29, 0.717) is 27.9 Å². The van der Waals surface area contributed by atoms with Crippen LogP contribution < -0.4 is 21.7 Å². The van der Waals surface area contributed by atoms with Crippen LogP contribution in [0.5, 0.6) is 0 Å². The zero-order valence-electron chi connectivity index (χ0n) is 14.4. The monoisotopic (exact) mass is 393 g/mol. The molecular formula is C19H15N5O3S. The van der Waals surface area contributed by atoms with Crippen molar-refractivity contribution in [1.29, 1.82) is 0 Å². The van der Waals surface area contributed by atoms with E-state index in [1.54, 1.807) is 42.5 Å². The Balaban J connectivity index is 1.43. The Morgan fingerprint density at radius 2 is 1.64 bits per heavy atom. The number of carbonyl (C=O) groups is 2. The second-order valence-corrected chi connectivity index (χ2v) is 6.65. The molecule has 140 valence electrons. The van der Waals surface area contributed by atoms with Crippen LogP contribution in [0.2, 0.25) is 0 Å². The minimum atomic E-state index is -0.343. The van der Waals surface area contributed by atoms with Crippen LogP contribution in [0.25, 0.3) is 11.0 Å². The molecule has 4 rings (SSSR count). The molecule has 0 spiro atoms. The van der Waals surface area contributed by atoms with Gasteiger partial charge in [-0.25, -0.2) is 4.79 Å². The maximum Gasteiger partial charge on any atom is 0.323 e. The van der Waals surface area contributed by atoms with Gasteiger partial charge in [0.15, 0.2) is 11.4 Å².